The zero-order valence-electron chi connectivity index (χ0n) is 10.2. The molecular weight excluding hydrogens is 284 g/mol. The van der Waals surface area contributed by atoms with Gasteiger partial charge in [-0.2, -0.15) is 0 Å². The summed E-state index contributed by atoms with van der Waals surface area (Å²) in [6, 6.07) is 2.03. The molecule has 0 atom stereocenters. The summed E-state index contributed by atoms with van der Waals surface area (Å²) in [5, 5.41) is 9.89. The van der Waals surface area contributed by atoms with Crippen LogP contribution in [0.15, 0.2) is 20.7 Å². The van der Waals surface area contributed by atoms with E-state index >= 15 is 0 Å². The molecule has 0 aromatic carbocycles. The van der Waals surface area contributed by atoms with Gasteiger partial charge < -0.3 is 4.42 Å². The molecule has 0 spiro atoms. The van der Waals surface area contributed by atoms with Crippen LogP contribution in [0, 0.1) is 13.8 Å². The first-order valence-corrected chi connectivity index (χ1v) is 7.02. The average Bonchev–Trinajstić information content (AvgIpc) is 2.94. The average molecular weight is 294 g/mol. The maximum atomic E-state index is 5.38. The number of nitrogens with zero attached hydrogens (tertiary/aromatic N) is 4. The van der Waals surface area contributed by atoms with E-state index in [1.165, 1.54) is 11.8 Å². The molecule has 3 aromatic rings. The number of nitrogens with one attached hydrogen (secondary N) is 1. The lowest BCUT2D eigenvalue weighted by atomic mass is 10.4. The van der Waals surface area contributed by atoms with Gasteiger partial charge in [-0.15, -0.1) is 21.5 Å². The molecule has 98 valence electrons. The van der Waals surface area contributed by atoms with Gasteiger partial charge in [0.05, 0.1) is 0 Å². The third kappa shape index (κ3) is 2.39. The Balaban J connectivity index is 2.09. The van der Waals surface area contributed by atoms with Crippen LogP contribution in [0.25, 0.3) is 10.2 Å². The maximum absolute atomic E-state index is 5.38. The van der Waals surface area contributed by atoms with Crippen molar-refractivity contribution in [3.05, 3.63) is 16.8 Å². The number of aromatic nitrogens is 4. The van der Waals surface area contributed by atoms with Crippen LogP contribution in [0.5, 0.6) is 0 Å². The summed E-state index contributed by atoms with van der Waals surface area (Å²) in [4.78, 5) is 10.7. The van der Waals surface area contributed by atoms with Crippen LogP contribution in [-0.2, 0) is 0 Å². The highest BCUT2D eigenvalue weighted by Crippen LogP contribution is 2.35. The van der Waals surface area contributed by atoms with Crippen LogP contribution in [0.4, 0.5) is 5.95 Å². The lowest BCUT2D eigenvalue weighted by molar-refractivity contribution is 0.429. The summed E-state index contributed by atoms with van der Waals surface area (Å²) in [6.07, 6.45) is 0. The van der Waals surface area contributed by atoms with Crippen molar-refractivity contribution in [1.82, 2.24) is 20.2 Å². The predicted octanol–water partition coefficient (Wildman–Crippen LogP) is 2.13. The molecular formula is C10H10N6OS2. The Morgan fingerprint density at radius 3 is 2.84 bits per heavy atom. The SMILES string of the molecule is Cc1nnc(Sc2nc(NN)nc3sc(C)cc23)o1. The molecule has 0 bridgehead atoms. The summed E-state index contributed by atoms with van der Waals surface area (Å²) < 4.78 is 5.35. The molecule has 0 aliphatic rings. The Morgan fingerprint density at radius 1 is 1.32 bits per heavy atom. The van der Waals surface area contributed by atoms with Crippen LogP contribution >= 0.6 is 23.1 Å². The van der Waals surface area contributed by atoms with Gasteiger partial charge in [-0.25, -0.2) is 15.8 Å². The summed E-state index contributed by atoms with van der Waals surface area (Å²) >= 11 is 2.89. The predicted molar refractivity (Wildman–Crippen MR) is 73.1 cm³/mol. The quantitative estimate of drug-likeness (QED) is 0.430. The first-order chi connectivity index (χ1) is 9.15. The second kappa shape index (κ2) is 4.76. The molecule has 0 fully saturated rings. The minimum absolute atomic E-state index is 0.369. The van der Waals surface area contributed by atoms with E-state index in [4.69, 9.17) is 10.3 Å². The number of nitrogens with two attached hydrogens (primary N) is 1. The fourth-order valence-electron chi connectivity index (χ4n) is 1.56. The van der Waals surface area contributed by atoms with Crippen molar-refractivity contribution in [2.24, 2.45) is 5.84 Å². The first-order valence-electron chi connectivity index (χ1n) is 5.38. The monoisotopic (exact) mass is 294 g/mol. The van der Waals surface area contributed by atoms with E-state index in [0.717, 1.165) is 20.1 Å². The third-order valence-corrected chi connectivity index (χ3v) is 4.09. The number of hydrogen-bond donors (Lipinski definition) is 2. The molecule has 3 N–H and O–H groups in total. The molecule has 0 aliphatic heterocycles. The number of aryl methyl sites for hydroxylation is 2. The van der Waals surface area contributed by atoms with E-state index in [1.807, 2.05) is 13.0 Å². The Hall–Kier alpha value is -1.71. The topological polar surface area (TPSA) is 103 Å². The van der Waals surface area contributed by atoms with E-state index in [9.17, 15) is 0 Å². The minimum Gasteiger partial charge on any atom is -0.416 e. The number of thiophene rings is 1. The second-order valence-electron chi connectivity index (χ2n) is 3.76. The second-order valence-corrected chi connectivity index (χ2v) is 5.94. The van der Waals surface area contributed by atoms with E-state index in [0.29, 0.717) is 17.1 Å². The minimum atomic E-state index is 0.369. The molecule has 0 amide bonds. The molecule has 3 aromatic heterocycles. The number of anilines is 1. The van der Waals surface area contributed by atoms with Gasteiger partial charge in [0.2, 0.25) is 11.8 Å². The zero-order valence-corrected chi connectivity index (χ0v) is 11.8. The van der Waals surface area contributed by atoms with Gasteiger partial charge in [0.25, 0.3) is 5.22 Å². The van der Waals surface area contributed by atoms with Crippen molar-refractivity contribution >= 4 is 39.3 Å². The molecule has 3 rings (SSSR count). The van der Waals surface area contributed by atoms with Crippen LogP contribution < -0.4 is 11.3 Å². The van der Waals surface area contributed by atoms with Crippen molar-refractivity contribution in [2.75, 3.05) is 5.43 Å². The summed E-state index contributed by atoms with van der Waals surface area (Å²) in [5.41, 5.74) is 2.46. The van der Waals surface area contributed by atoms with Gasteiger partial charge in [-0.3, -0.25) is 5.43 Å². The van der Waals surface area contributed by atoms with Crippen molar-refractivity contribution < 1.29 is 4.42 Å². The van der Waals surface area contributed by atoms with Crippen molar-refractivity contribution in [2.45, 2.75) is 24.1 Å². The third-order valence-electron chi connectivity index (χ3n) is 2.30. The Bertz CT molecular complexity index is 737. The molecule has 0 saturated carbocycles. The summed E-state index contributed by atoms with van der Waals surface area (Å²) in [5.74, 6) is 6.27. The number of fused-ring (bicyclic) bond motifs is 1. The maximum Gasteiger partial charge on any atom is 0.282 e. The Morgan fingerprint density at radius 2 is 2.16 bits per heavy atom. The van der Waals surface area contributed by atoms with Gasteiger partial charge in [0.1, 0.15) is 9.86 Å². The summed E-state index contributed by atoms with van der Waals surface area (Å²) in [6.45, 7) is 3.77. The van der Waals surface area contributed by atoms with Gasteiger partial charge in [-0.05, 0) is 24.8 Å². The van der Waals surface area contributed by atoms with E-state index in [1.54, 1.807) is 18.3 Å². The lowest BCUT2D eigenvalue weighted by Crippen LogP contribution is -2.10. The van der Waals surface area contributed by atoms with Crippen LogP contribution in [0.1, 0.15) is 10.8 Å². The van der Waals surface area contributed by atoms with Crippen LogP contribution in [-0.4, -0.2) is 20.2 Å². The van der Waals surface area contributed by atoms with Gasteiger partial charge in [0, 0.05) is 17.2 Å². The van der Waals surface area contributed by atoms with Crippen LogP contribution in [0.3, 0.4) is 0 Å². The molecule has 0 saturated heterocycles. The Labute approximate surface area is 116 Å². The Kier molecular flexibility index (Phi) is 3.09. The van der Waals surface area contributed by atoms with Gasteiger partial charge in [-0.1, -0.05) is 0 Å². The van der Waals surface area contributed by atoms with E-state index in [-0.39, 0.29) is 0 Å². The fourth-order valence-corrected chi connectivity index (χ4v) is 3.31. The zero-order chi connectivity index (χ0) is 13.4. The van der Waals surface area contributed by atoms with E-state index < -0.39 is 0 Å². The lowest BCUT2D eigenvalue weighted by Gasteiger charge is -2.02. The number of hydrazine groups is 1. The number of nitrogen functional groups attached to an aromatic ring is 1. The number of hydrogen-bond acceptors (Lipinski definition) is 9. The molecule has 7 nitrogen and oxygen atoms in total. The smallest absolute Gasteiger partial charge is 0.282 e. The molecule has 3 heterocycles. The van der Waals surface area contributed by atoms with Crippen molar-refractivity contribution in [3.63, 3.8) is 0 Å². The van der Waals surface area contributed by atoms with Crippen LogP contribution in [0.2, 0.25) is 0 Å². The van der Waals surface area contributed by atoms with Crippen molar-refractivity contribution in [1.29, 1.82) is 0 Å². The molecule has 0 unspecified atom stereocenters. The normalized spacial score (nSPS) is 11.1. The fraction of sp³-hybridized carbons (Fsp3) is 0.200. The van der Waals surface area contributed by atoms with Crippen molar-refractivity contribution in [3.8, 4) is 0 Å². The highest BCUT2D eigenvalue weighted by atomic mass is 32.2. The summed E-state index contributed by atoms with van der Waals surface area (Å²) in [7, 11) is 0. The molecule has 0 radical (unpaired) electrons. The molecule has 0 aliphatic carbocycles. The largest absolute Gasteiger partial charge is 0.416 e. The highest BCUT2D eigenvalue weighted by Gasteiger charge is 2.14. The van der Waals surface area contributed by atoms with Gasteiger partial charge in [0.15, 0.2) is 0 Å². The molecule has 9 heteroatoms. The standard InChI is InChI=1S/C10H10N6OS2/c1-4-3-6-7(18-4)12-9(14-11)13-8(6)19-10-16-15-5(2)17-10/h3H,11H2,1-2H3,(H,12,13,14). The highest BCUT2D eigenvalue weighted by molar-refractivity contribution is 7.99. The number of rotatable bonds is 3. The van der Waals surface area contributed by atoms with Gasteiger partial charge >= 0.3 is 0 Å². The molecule has 19 heavy (non-hydrogen) atoms. The first kappa shape index (κ1) is 12.3. The van der Waals surface area contributed by atoms with E-state index in [2.05, 4.69) is 25.6 Å².